The van der Waals surface area contributed by atoms with E-state index < -0.39 is 0 Å². The number of carbonyl (C=O) groups is 1. The molecule has 5 nitrogen and oxygen atoms in total. The van der Waals surface area contributed by atoms with Crippen molar-refractivity contribution in [2.45, 2.75) is 6.73 Å². The third-order valence-corrected chi connectivity index (χ3v) is 2.46. The molecule has 20 heavy (non-hydrogen) atoms. The molecule has 0 aliphatic carbocycles. The average Bonchev–Trinajstić information content (AvgIpc) is 2.93. The van der Waals surface area contributed by atoms with Gasteiger partial charge in [0.15, 0.2) is 6.73 Å². The number of nitrogens with one attached hydrogen (secondary N) is 1. The van der Waals surface area contributed by atoms with Gasteiger partial charge in [0.25, 0.3) is 5.91 Å². The Morgan fingerprint density at radius 1 is 1.40 bits per heavy atom. The molecule has 2 rings (SSSR count). The van der Waals surface area contributed by atoms with Crippen LogP contribution in [0.15, 0.2) is 49.2 Å². The molecule has 0 bridgehead atoms. The molecular weight excluding hydrogens is 261 g/mol. The van der Waals surface area contributed by atoms with Gasteiger partial charge in [0, 0.05) is 12.7 Å². The summed E-state index contributed by atoms with van der Waals surface area (Å²) in [5.74, 6) is -0.0670. The Bertz CT molecular complexity index is 593. The number of amides is 1. The highest BCUT2D eigenvalue weighted by Crippen LogP contribution is 2.11. The standard InChI is InChI=1S/C14H14FN3O2/c1-2-8-16-14(19)13-7-9-18(17-13)10-20-12-5-3-11(15)4-6-12/h2-7,9H,1,8,10H2,(H,16,19). The SMILES string of the molecule is C=CCNC(=O)c1ccn(COc2ccc(F)cc2)n1. The molecule has 1 heterocycles. The highest BCUT2D eigenvalue weighted by atomic mass is 19.1. The van der Waals surface area contributed by atoms with E-state index in [1.54, 1.807) is 18.3 Å². The zero-order valence-corrected chi connectivity index (χ0v) is 10.8. The Morgan fingerprint density at radius 2 is 2.15 bits per heavy atom. The first-order chi connectivity index (χ1) is 9.69. The van der Waals surface area contributed by atoms with Gasteiger partial charge in [0.1, 0.15) is 17.3 Å². The quantitative estimate of drug-likeness (QED) is 0.820. The third-order valence-electron chi connectivity index (χ3n) is 2.46. The van der Waals surface area contributed by atoms with Crippen molar-refractivity contribution >= 4 is 5.91 Å². The molecule has 0 spiro atoms. The monoisotopic (exact) mass is 275 g/mol. The first-order valence-electron chi connectivity index (χ1n) is 6.00. The summed E-state index contributed by atoms with van der Waals surface area (Å²) in [5, 5.41) is 6.69. The number of carbonyl (C=O) groups excluding carboxylic acids is 1. The fourth-order valence-electron chi connectivity index (χ4n) is 1.48. The maximum atomic E-state index is 12.7. The van der Waals surface area contributed by atoms with E-state index in [0.717, 1.165) is 0 Å². The minimum atomic E-state index is -0.322. The van der Waals surface area contributed by atoms with Gasteiger partial charge in [-0.1, -0.05) is 6.08 Å². The molecule has 2 aromatic rings. The topological polar surface area (TPSA) is 56.2 Å². The average molecular weight is 275 g/mol. The minimum Gasteiger partial charge on any atom is -0.471 e. The molecule has 0 aliphatic heterocycles. The molecule has 1 aromatic carbocycles. The Balaban J connectivity index is 1.91. The van der Waals surface area contributed by atoms with Crippen LogP contribution in [0.5, 0.6) is 5.75 Å². The van der Waals surface area contributed by atoms with Gasteiger partial charge in [-0.3, -0.25) is 4.79 Å². The Kier molecular flexibility index (Phi) is 4.49. The zero-order chi connectivity index (χ0) is 14.4. The Morgan fingerprint density at radius 3 is 2.85 bits per heavy atom. The van der Waals surface area contributed by atoms with Gasteiger partial charge < -0.3 is 10.1 Å². The summed E-state index contributed by atoms with van der Waals surface area (Å²) in [6.45, 7) is 4.04. The van der Waals surface area contributed by atoms with Gasteiger partial charge in [-0.2, -0.15) is 5.10 Å². The number of hydrogen-bond acceptors (Lipinski definition) is 3. The summed E-state index contributed by atoms with van der Waals surface area (Å²) < 4.78 is 19.6. The molecular formula is C14H14FN3O2. The molecule has 0 aliphatic rings. The minimum absolute atomic E-state index is 0.139. The first kappa shape index (κ1) is 13.8. The van der Waals surface area contributed by atoms with Crippen molar-refractivity contribution < 1.29 is 13.9 Å². The number of nitrogens with zero attached hydrogens (tertiary/aromatic N) is 2. The maximum Gasteiger partial charge on any atom is 0.272 e. The maximum absolute atomic E-state index is 12.7. The third kappa shape index (κ3) is 3.68. The fraction of sp³-hybridized carbons (Fsp3) is 0.143. The first-order valence-corrected chi connectivity index (χ1v) is 6.00. The second-order valence-electron chi connectivity index (χ2n) is 3.97. The van der Waals surface area contributed by atoms with Crippen LogP contribution in [0, 0.1) is 5.82 Å². The predicted octanol–water partition coefficient (Wildman–Crippen LogP) is 1.97. The molecule has 1 N–H and O–H groups in total. The van der Waals surface area contributed by atoms with Crippen LogP contribution < -0.4 is 10.1 Å². The van der Waals surface area contributed by atoms with E-state index >= 15 is 0 Å². The smallest absolute Gasteiger partial charge is 0.272 e. The molecule has 0 saturated heterocycles. The van der Waals surface area contributed by atoms with Crippen molar-refractivity contribution in [3.8, 4) is 5.75 Å². The molecule has 0 saturated carbocycles. The molecule has 1 aromatic heterocycles. The van der Waals surface area contributed by atoms with E-state index in [9.17, 15) is 9.18 Å². The number of aromatic nitrogens is 2. The second-order valence-corrected chi connectivity index (χ2v) is 3.97. The van der Waals surface area contributed by atoms with Crippen molar-refractivity contribution in [1.29, 1.82) is 0 Å². The molecule has 0 fully saturated rings. The molecule has 104 valence electrons. The van der Waals surface area contributed by atoms with Crippen molar-refractivity contribution in [2.75, 3.05) is 6.54 Å². The summed E-state index contributed by atoms with van der Waals surface area (Å²) in [4.78, 5) is 11.6. The van der Waals surface area contributed by atoms with Crippen LogP contribution >= 0.6 is 0 Å². The summed E-state index contributed by atoms with van der Waals surface area (Å²) in [5.41, 5.74) is 0.301. The number of hydrogen-bond donors (Lipinski definition) is 1. The molecule has 1 amide bonds. The molecule has 6 heteroatoms. The second kappa shape index (κ2) is 6.51. The van der Waals surface area contributed by atoms with E-state index in [4.69, 9.17) is 4.74 Å². The number of benzene rings is 1. The lowest BCUT2D eigenvalue weighted by atomic mass is 10.3. The molecule has 0 unspecified atom stereocenters. The van der Waals surface area contributed by atoms with Crippen molar-refractivity contribution in [1.82, 2.24) is 15.1 Å². The van der Waals surface area contributed by atoms with E-state index in [1.165, 1.54) is 28.9 Å². The number of halogens is 1. The van der Waals surface area contributed by atoms with Crippen LogP contribution in [-0.2, 0) is 6.73 Å². The van der Waals surface area contributed by atoms with Crippen LogP contribution in [0.4, 0.5) is 4.39 Å². The number of ether oxygens (including phenoxy) is 1. The lowest BCUT2D eigenvalue weighted by molar-refractivity contribution is 0.0951. The lowest BCUT2D eigenvalue weighted by Crippen LogP contribution is -2.24. The van der Waals surface area contributed by atoms with E-state index in [0.29, 0.717) is 18.0 Å². The van der Waals surface area contributed by atoms with Gasteiger partial charge >= 0.3 is 0 Å². The zero-order valence-electron chi connectivity index (χ0n) is 10.8. The van der Waals surface area contributed by atoms with Gasteiger partial charge in [-0.05, 0) is 30.3 Å². The Hall–Kier alpha value is -2.63. The lowest BCUT2D eigenvalue weighted by Gasteiger charge is -2.05. The summed E-state index contributed by atoms with van der Waals surface area (Å²) in [7, 11) is 0. The highest BCUT2D eigenvalue weighted by Gasteiger charge is 2.08. The van der Waals surface area contributed by atoms with Crippen LogP contribution in [0.2, 0.25) is 0 Å². The van der Waals surface area contributed by atoms with Gasteiger partial charge in [0.2, 0.25) is 0 Å². The summed E-state index contributed by atoms with van der Waals surface area (Å²) >= 11 is 0. The van der Waals surface area contributed by atoms with E-state index in [2.05, 4.69) is 17.0 Å². The van der Waals surface area contributed by atoms with E-state index in [-0.39, 0.29) is 18.5 Å². The molecule has 0 atom stereocenters. The van der Waals surface area contributed by atoms with Gasteiger partial charge in [-0.15, -0.1) is 6.58 Å². The van der Waals surface area contributed by atoms with Crippen molar-refractivity contribution in [3.63, 3.8) is 0 Å². The van der Waals surface area contributed by atoms with Gasteiger partial charge in [0.05, 0.1) is 0 Å². The van der Waals surface area contributed by atoms with Crippen LogP contribution in [-0.4, -0.2) is 22.2 Å². The van der Waals surface area contributed by atoms with Crippen molar-refractivity contribution in [3.05, 3.63) is 60.7 Å². The number of rotatable bonds is 6. The highest BCUT2D eigenvalue weighted by molar-refractivity contribution is 5.92. The van der Waals surface area contributed by atoms with E-state index in [1.807, 2.05) is 0 Å². The summed E-state index contributed by atoms with van der Waals surface area (Å²) in [6, 6.07) is 7.26. The van der Waals surface area contributed by atoms with Crippen molar-refractivity contribution in [2.24, 2.45) is 0 Å². The normalized spacial score (nSPS) is 10.1. The molecule has 0 radical (unpaired) electrons. The fourth-order valence-corrected chi connectivity index (χ4v) is 1.48. The largest absolute Gasteiger partial charge is 0.471 e. The van der Waals surface area contributed by atoms with Crippen LogP contribution in [0.3, 0.4) is 0 Å². The van der Waals surface area contributed by atoms with Crippen LogP contribution in [0.25, 0.3) is 0 Å². The van der Waals surface area contributed by atoms with Gasteiger partial charge in [-0.25, -0.2) is 9.07 Å². The summed E-state index contributed by atoms with van der Waals surface area (Å²) in [6.07, 6.45) is 3.22. The Labute approximate surface area is 115 Å². The predicted molar refractivity (Wildman–Crippen MR) is 71.8 cm³/mol. The van der Waals surface area contributed by atoms with Crippen LogP contribution in [0.1, 0.15) is 10.5 Å².